The predicted molar refractivity (Wildman–Crippen MR) is 74.6 cm³/mol. The summed E-state index contributed by atoms with van der Waals surface area (Å²) >= 11 is 5.08. The van der Waals surface area contributed by atoms with Gasteiger partial charge in [-0.1, -0.05) is 35.0 Å². The summed E-state index contributed by atoms with van der Waals surface area (Å²) in [5.41, 5.74) is 2.25. The molecule has 2 aromatic rings. The fourth-order valence-electron chi connectivity index (χ4n) is 1.50. The Kier molecular flexibility index (Phi) is 4.31. The number of hydrogen-bond acceptors (Lipinski definition) is 3. The molecule has 1 atom stereocenters. The van der Waals surface area contributed by atoms with Gasteiger partial charge in [0.25, 0.3) is 0 Å². The van der Waals surface area contributed by atoms with E-state index in [1.165, 1.54) is 5.56 Å². The highest BCUT2D eigenvalue weighted by Crippen LogP contribution is 2.21. The number of halogens is 1. The number of thiazole rings is 1. The first-order valence-corrected chi connectivity index (χ1v) is 7.16. The Morgan fingerprint density at radius 1 is 1.35 bits per heavy atom. The summed E-state index contributed by atoms with van der Waals surface area (Å²) in [4.78, 5) is 4.55. The van der Waals surface area contributed by atoms with E-state index >= 15 is 0 Å². The topological polar surface area (TPSA) is 33.1 Å². The van der Waals surface area contributed by atoms with Gasteiger partial charge >= 0.3 is 0 Å². The maximum absolute atomic E-state index is 9.08. The van der Waals surface area contributed by atoms with Crippen molar-refractivity contribution < 1.29 is 5.11 Å². The Balaban J connectivity index is 2.08. The number of nitrogens with zero attached hydrogens (tertiary/aromatic N) is 1. The Morgan fingerprint density at radius 3 is 2.71 bits per heavy atom. The van der Waals surface area contributed by atoms with Gasteiger partial charge in [-0.2, -0.15) is 0 Å². The van der Waals surface area contributed by atoms with Gasteiger partial charge in [0.15, 0.2) is 0 Å². The molecule has 1 heterocycles. The molecule has 1 aromatic heterocycles. The van der Waals surface area contributed by atoms with E-state index in [4.69, 9.17) is 5.11 Å². The van der Waals surface area contributed by atoms with Gasteiger partial charge < -0.3 is 5.11 Å². The lowest BCUT2D eigenvalue weighted by molar-refractivity contribution is 0.271. The van der Waals surface area contributed by atoms with Crippen molar-refractivity contribution in [1.29, 1.82) is 0 Å². The molecule has 0 bridgehead atoms. The third-order valence-corrected chi connectivity index (χ3v) is 4.01. The molecule has 90 valence electrons. The van der Waals surface area contributed by atoms with Crippen molar-refractivity contribution in [2.75, 3.05) is 6.61 Å². The number of hydrogen-bond donors (Lipinski definition) is 1. The maximum atomic E-state index is 9.08. The molecule has 0 radical (unpaired) electrons. The fraction of sp³-hybridized carbons (Fsp3) is 0.308. The maximum Gasteiger partial charge on any atom is 0.0972 e. The Hall–Kier alpha value is -0.710. The second-order valence-electron chi connectivity index (χ2n) is 4.05. The molecule has 0 amide bonds. The third kappa shape index (κ3) is 3.37. The normalized spacial score (nSPS) is 12.6. The van der Waals surface area contributed by atoms with E-state index in [0.29, 0.717) is 0 Å². The summed E-state index contributed by atoms with van der Waals surface area (Å²) in [6.45, 7) is 2.14. The summed E-state index contributed by atoms with van der Waals surface area (Å²) < 4.78 is 1.09. The number of rotatable bonds is 4. The van der Waals surface area contributed by atoms with E-state index in [1.54, 1.807) is 11.3 Å². The third-order valence-electron chi connectivity index (χ3n) is 2.62. The molecular weight excluding hydrogens is 298 g/mol. The molecule has 2 nitrogen and oxygen atoms in total. The quantitative estimate of drug-likeness (QED) is 0.936. The Labute approximate surface area is 113 Å². The van der Waals surface area contributed by atoms with Crippen molar-refractivity contribution in [1.82, 2.24) is 4.98 Å². The summed E-state index contributed by atoms with van der Waals surface area (Å²) in [5.74, 6) is 0.130. The molecule has 1 unspecified atom stereocenters. The van der Waals surface area contributed by atoms with Gasteiger partial charge in [-0.25, -0.2) is 4.98 Å². The van der Waals surface area contributed by atoms with Crippen LogP contribution in [0.1, 0.15) is 29.1 Å². The molecule has 0 saturated heterocycles. The van der Waals surface area contributed by atoms with Gasteiger partial charge in [0, 0.05) is 22.2 Å². The zero-order chi connectivity index (χ0) is 12.3. The van der Waals surface area contributed by atoms with E-state index in [9.17, 15) is 0 Å². The van der Waals surface area contributed by atoms with Gasteiger partial charge in [-0.3, -0.25) is 0 Å². The standard InChI is InChI=1S/C13H14BrNOS/c1-9(7-16)12-8-17-13(15-12)6-10-2-4-11(14)5-3-10/h2-5,8-9,16H,6-7H2,1H3. The number of aliphatic hydroxyl groups excluding tert-OH is 1. The molecule has 0 aliphatic carbocycles. The lowest BCUT2D eigenvalue weighted by Crippen LogP contribution is -1.99. The molecule has 1 N–H and O–H groups in total. The van der Waals surface area contributed by atoms with E-state index in [2.05, 4.69) is 33.0 Å². The van der Waals surface area contributed by atoms with E-state index < -0.39 is 0 Å². The monoisotopic (exact) mass is 311 g/mol. The van der Waals surface area contributed by atoms with Crippen molar-refractivity contribution in [2.24, 2.45) is 0 Å². The fourth-order valence-corrected chi connectivity index (χ4v) is 2.72. The van der Waals surface area contributed by atoms with Crippen molar-refractivity contribution in [3.63, 3.8) is 0 Å². The van der Waals surface area contributed by atoms with Crippen LogP contribution in [0, 0.1) is 0 Å². The first-order valence-electron chi connectivity index (χ1n) is 5.48. The van der Waals surface area contributed by atoms with Gasteiger partial charge in [-0.15, -0.1) is 11.3 Å². The van der Waals surface area contributed by atoms with Gasteiger partial charge in [-0.05, 0) is 17.7 Å². The Bertz CT molecular complexity index is 480. The lowest BCUT2D eigenvalue weighted by Gasteiger charge is -2.02. The second-order valence-corrected chi connectivity index (χ2v) is 5.91. The van der Waals surface area contributed by atoms with Gasteiger partial charge in [0.2, 0.25) is 0 Å². The molecule has 4 heteroatoms. The molecular formula is C13H14BrNOS. The largest absolute Gasteiger partial charge is 0.396 e. The molecule has 0 aliphatic heterocycles. The van der Waals surface area contributed by atoms with Crippen molar-refractivity contribution in [3.05, 3.63) is 50.4 Å². The minimum atomic E-state index is 0.130. The van der Waals surface area contributed by atoms with Crippen LogP contribution in [0.15, 0.2) is 34.1 Å². The van der Waals surface area contributed by atoms with Crippen molar-refractivity contribution in [3.8, 4) is 0 Å². The Morgan fingerprint density at radius 2 is 2.06 bits per heavy atom. The van der Waals surface area contributed by atoms with Crippen LogP contribution in [0.25, 0.3) is 0 Å². The number of aliphatic hydroxyl groups is 1. The minimum Gasteiger partial charge on any atom is -0.396 e. The zero-order valence-electron chi connectivity index (χ0n) is 9.56. The number of benzene rings is 1. The van der Waals surface area contributed by atoms with Crippen LogP contribution in [-0.2, 0) is 6.42 Å². The highest BCUT2D eigenvalue weighted by Gasteiger charge is 2.09. The smallest absolute Gasteiger partial charge is 0.0972 e. The lowest BCUT2D eigenvalue weighted by atomic mass is 10.1. The average Bonchev–Trinajstić information content (AvgIpc) is 2.80. The van der Waals surface area contributed by atoms with Crippen molar-refractivity contribution >= 4 is 27.3 Å². The summed E-state index contributed by atoms with van der Waals surface area (Å²) in [7, 11) is 0. The first-order chi connectivity index (χ1) is 8.19. The minimum absolute atomic E-state index is 0.130. The first kappa shape index (κ1) is 12.7. The van der Waals surface area contributed by atoms with Crippen LogP contribution in [0.5, 0.6) is 0 Å². The molecule has 0 spiro atoms. The van der Waals surface area contributed by atoms with Crippen molar-refractivity contribution in [2.45, 2.75) is 19.3 Å². The molecule has 1 aromatic carbocycles. The van der Waals surface area contributed by atoms with E-state index in [1.807, 2.05) is 24.4 Å². The van der Waals surface area contributed by atoms with Crippen LogP contribution in [0.4, 0.5) is 0 Å². The zero-order valence-corrected chi connectivity index (χ0v) is 12.0. The summed E-state index contributed by atoms with van der Waals surface area (Å²) in [5, 5.41) is 12.2. The molecule has 0 aliphatic rings. The molecule has 0 fully saturated rings. The molecule has 17 heavy (non-hydrogen) atoms. The molecule has 2 rings (SSSR count). The van der Waals surface area contributed by atoms with Crippen LogP contribution in [0.2, 0.25) is 0 Å². The summed E-state index contributed by atoms with van der Waals surface area (Å²) in [6.07, 6.45) is 0.857. The van der Waals surface area contributed by atoms with E-state index in [0.717, 1.165) is 21.6 Å². The highest BCUT2D eigenvalue weighted by atomic mass is 79.9. The van der Waals surface area contributed by atoms with Crippen LogP contribution in [-0.4, -0.2) is 16.7 Å². The van der Waals surface area contributed by atoms with Gasteiger partial charge in [0.05, 0.1) is 17.3 Å². The van der Waals surface area contributed by atoms with Crippen LogP contribution in [0.3, 0.4) is 0 Å². The second kappa shape index (κ2) is 5.76. The van der Waals surface area contributed by atoms with Crippen LogP contribution < -0.4 is 0 Å². The number of aromatic nitrogens is 1. The summed E-state index contributed by atoms with van der Waals surface area (Å²) in [6, 6.07) is 8.28. The predicted octanol–water partition coefficient (Wildman–Crippen LogP) is 3.59. The van der Waals surface area contributed by atoms with Crippen LogP contribution >= 0.6 is 27.3 Å². The molecule has 0 saturated carbocycles. The van der Waals surface area contributed by atoms with Gasteiger partial charge in [0.1, 0.15) is 0 Å². The average molecular weight is 312 g/mol. The highest BCUT2D eigenvalue weighted by molar-refractivity contribution is 9.10. The van der Waals surface area contributed by atoms with E-state index in [-0.39, 0.29) is 12.5 Å². The SMILES string of the molecule is CC(CO)c1csc(Cc2ccc(Br)cc2)n1.